The van der Waals surface area contributed by atoms with Crippen molar-refractivity contribution in [1.82, 2.24) is 14.9 Å². The minimum atomic E-state index is 0.596. The van der Waals surface area contributed by atoms with Gasteiger partial charge in [-0.25, -0.2) is 4.98 Å². The fourth-order valence-corrected chi connectivity index (χ4v) is 6.78. The van der Waals surface area contributed by atoms with Crippen molar-refractivity contribution in [3.05, 3.63) is 36.5 Å². The summed E-state index contributed by atoms with van der Waals surface area (Å²) in [6.07, 6.45) is 9.03. The molecule has 0 atom stereocenters. The quantitative estimate of drug-likeness (QED) is 0.759. The third-order valence-corrected chi connectivity index (χ3v) is 8.19. The van der Waals surface area contributed by atoms with Crippen molar-refractivity contribution in [2.24, 2.45) is 23.7 Å². The van der Waals surface area contributed by atoms with Crippen LogP contribution >= 0.6 is 0 Å². The molecule has 1 saturated heterocycles. The molecule has 6 nitrogen and oxygen atoms in total. The van der Waals surface area contributed by atoms with E-state index < -0.39 is 0 Å². The van der Waals surface area contributed by atoms with Crippen molar-refractivity contribution in [3.8, 4) is 0 Å². The second-order valence-corrected chi connectivity index (χ2v) is 10.3. The summed E-state index contributed by atoms with van der Waals surface area (Å²) in [5, 5.41) is 7.20. The largest absolute Gasteiger partial charge is 0.369 e. The summed E-state index contributed by atoms with van der Waals surface area (Å²) in [6.45, 7) is 4.42. The number of rotatable bonds is 5. The fraction of sp³-hybridized carbons (Fsp3) is 0.600. The van der Waals surface area contributed by atoms with Crippen molar-refractivity contribution in [2.75, 3.05) is 48.8 Å². The Hall–Kier alpha value is -2.34. The highest BCUT2D eigenvalue weighted by Crippen LogP contribution is 2.54. The van der Waals surface area contributed by atoms with E-state index in [4.69, 9.17) is 4.98 Å². The number of hydrogen-bond acceptors (Lipinski definition) is 6. The van der Waals surface area contributed by atoms with E-state index in [9.17, 15) is 0 Å². The van der Waals surface area contributed by atoms with Crippen LogP contribution in [0.3, 0.4) is 0 Å². The molecule has 0 unspecified atom stereocenters. The van der Waals surface area contributed by atoms with Gasteiger partial charge in [0, 0.05) is 49.8 Å². The predicted octanol–water partition coefficient (Wildman–Crippen LogP) is 4.21. The van der Waals surface area contributed by atoms with E-state index in [0.717, 1.165) is 61.4 Å². The molecule has 2 N–H and O–H groups in total. The fourth-order valence-electron chi connectivity index (χ4n) is 6.78. The summed E-state index contributed by atoms with van der Waals surface area (Å²) in [7, 11) is 2.19. The van der Waals surface area contributed by atoms with Crippen LogP contribution in [0.15, 0.2) is 36.5 Å². The molecule has 2 heterocycles. The van der Waals surface area contributed by atoms with E-state index in [1.807, 2.05) is 12.3 Å². The minimum Gasteiger partial charge on any atom is -0.369 e. The van der Waals surface area contributed by atoms with E-state index in [2.05, 4.69) is 56.7 Å². The Labute approximate surface area is 185 Å². The number of benzene rings is 1. The zero-order valence-electron chi connectivity index (χ0n) is 18.5. The standard InChI is InChI=1S/C25H34N6/c1-30-8-10-31(11-9-30)22-4-2-21(3-5-22)27-25-26-7-6-23(29-25)28-24-19-13-17-12-18(15-19)16-20(24)14-17/h2-7,17-20,24H,8-16H2,1H3,(H2,26,27,28,29). The number of piperazine rings is 1. The highest BCUT2D eigenvalue weighted by Gasteiger charge is 2.48. The average Bonchev–Trinajstić information content (AvgIpc) is 2.77. The summed E-state index contributed by atoms with van der Waals surface area (Å²) in [5.41, 5.74) is 2.32. The molecule has 4 saturated carbocycles. The van der Waals surface area contributed by atoms with Gasteiger partial charge in [-0.2, -0.15) is 4.98 Å². The van der Waals surface area contributed by atoms with Crippen LogP contribution in [-0.4, -0.2) is 54.1 Å². The van der Waals surface area contributed by atoms with E-state index in [0.29, 0.717) is 12.0 Å². The van der Waals surface area contributed by atoms with E-state index >= 15 is 0 Å². The Balaban J connectivity index is 1.10. The van der Waals surface area contributed by atoms with Gasteiger partial charge in [0.1, 0.15) is 5.82 Å². The SMILES string of the molecule is CN1CCN(c2ccc(Nc3nccc(NC4C5CC6CC(C5)CC4C6)n3)cc2)CC1. The molecule has 6 heteroatoms. The highest BCUT2D eigenvalue weighted by molar-refractivity contribution is 5.60. The zero-order chi connectivity index (χ0) is 20.8. The van der Waals surface area contributed by atoms with Gasteiger partial charge in [0.05, 0.1) is 0 Å². The Morgan fingerprint density at radius 3 is 2.19 bits per heavy atom. The van der Waals surface area contributed by atoms with Crippen molar-refractivity contribution >= 4 is 23.1 Å². The summed E-state index contributed by atoms with van der Waals surface area (Å²) in [6, 6.07) is 11.3. The molecule has 0 radical (unpaired) electrons. The molecule has 164 valence electrons. The van der Waals surface area contributed by atoms with Gasteiger partial charge < -0.3 is 20.4 Å². The molecule has 31 heavy (non-hydrogen) atoms. The van der Waals surface area contributed by atoms with Crippen LogP contribution < -0.4 is 15.5 Å². The first kappa shape index (κ1) is 19.4. The molecule has 0 spiro atoms. The molecule has 4 aliphatic carbocycles. The monoisotopic (exact) mass is 418 g/mol. The molecule has 7 rings (SSSR count). The van der Waals surface area contributed by atoms with Gasteiger partial charge in [-0.1, -0.05) is 0 Å². The summed E-state index contributed by atoms with van der Waals surface area (Å²) in [4.78, 5) is 14.1. The Bertz CT molecular complexity index is 876. The van der Waals surface area contributed by atoms with Crippen molar-refractivity contribution in [2.45, 2.75) is 38.1 Å². The molecular weight excluding hydrogens is 384 g/mol. The third-order valence-electron chi connectivity index (χ3n) is 8.19. The van der Waals surface area contributed by atoms with Crippen LogP contribution in [0.5, 0.6) is 0 Å². The second-order valence-electron chi connectivity index (χ2n) is 10.3. The molecule has 1 aliphatic heterocycles. The summed E-state index contributed by atoms with van der Waals surface area (Å²) < 4.78 is 0. The highest BCUT2D eigenvalue weighted by atomic mass is 15.2. The molecule has 5 aliphatic rings. The topological polar surface area (TPSA) is 56.3 Å². The van der Waals surface area contributed by atoms with Crippen LogP contribution in [0, 0.1) is 23.7 Å². The van der Waals surface area contributed by atoms with E-state index in [1.165, 1.54) is 37.8 Å². The van der Waals surface area contributed by atoms with Gasteiger partial charge in [0.25, 0.3) is 0 Å². The number of nitrogens with zero attached hydrogens (tertiary/aromatic N) is 4. The van der Waals surface area contributed by atoms with Gasteiger partial charge in [0.15, 0.2) is 0 Å². The lowest BCUT2D eigenvalue weighted by Crippen LogP contribution is -2.51. The number of aromatic nitrogens is 2. The molecule has 4 bridgehead atoms. The van der Waals surface area contributed by atoms with Crippen LogP contribution in [0.25, 0.3) is 0 Å². The summed E-state index contributed by atoms with van der Waals surface area (Å²) in [5.74, 6) is 5.30. The second kappa shape index (κ2) is 7.97. The minimum absolute atomic E-state index is 0.596. The molecule has 2 aromatic rings. The third kappa shape index (κ3) is 3.98. The van der Waals surface area contributed by atoms with Gasteiger partial charge >= 0.3 is 0 Å². The molecule has 5 fully saturated rings. The first-order valence-corrected chi connectivity index (χ1v) is 12.1. The normalized spacial score (nSPS) is 32.3. The number of likely N-dealkylation sites (N-methyl/N-ethyl adjacent to an activating group) is 1. The number of hydrogen-bond donors (Lipinski definition) is 2. The lowest BCUT2D eigenvalue weighted by Gasteiger charge is -2.54. The number of nitrogens with one attached hydrogen (secondary N) is 2. The van der Waals surface area contributed by atoms with Crippen molar-refractivity contribution in [1.29, 1.82) is 0 Å². The molecule has 1 aromatic carbocycles. The first-order chi connectivity index (χ1) is 15.2. The van der Waals surface area contributed by atoms with Crippen LogP contribution in [0.1, 0.15) is 32.1 Å². The maximum Gasteiger partial charge on any atom is 0.229 e. The molecule has 0 amide bonds. The lowest BCUT2D eigenvalue weighted by molar-refractivity contribution is 0.00742. The Morgan fingerprint density at radius 2 is 1.52 bits per heavy atom. The predicted molar refractivity (Wildman–Crippen MR) is 126 cm³/mol. The van der Waals surface area contributed by atoms with Crippen LogP contribution in [0.2, 0.25) is 0 Å². The van der Waals surface area contributed by atoms with Gasteiger partial charge in [-0.05, 0) is 93.2 Å². The van der Waals surface area contributed by atoms with Gasteiger partial charge in [0.2, 0.25) is 5.95 Å². The first-order valence-electron chi connectivity index (χ1n) is 12.1. The number of anilines is 4. The van der Waals surface area contributed by atoms with Gasteiger partial charge in [-0.3, -0.25) is 0 Å². The van der Waals surface area contributed by atoms with E-state index in [1.54, 1.807) is 0 Å². The Morgan fingerprint density at radius 1 is 0.839 bits per heavy atom. The maximum atomic E-state index is 4.79. The van der Waals surface area contributed by atoms with Crippen molar-refractivity contribution < 1.29 is 0 Å². The smallest absolute Gasteiger partial charge is 0.229 e. The van der Waals surface area contributed by atoms with Crippen molar-refractivity contribution in [3.63, 3.8) is 0 Å². The zero-order valence-corrected chi connectivity index (χ0v) is 18.5. The molecular formula is C25H34N6. The molecule has 1 aromatic heterocycles. The lowest BCUT2D eigenvalue weighted by atomic mass is 9.54. The Kier molecular flexibility index (Phi) is 4.98. The van der Waals surface area contributed by atoms with Gasteiger partial charge in [-0.15, -0.1) is 0 Å². The average molecular weight is 419 g/mol. The van der Waals surface area contributed by atoms with Crippen LogP contribution in [-0.2, 0) is 0 Å². The van der Waals surface area contributed by atoms with Crippen LogP contribution in [0.4, 0.5) is 23.1 Å². The maximum absolute atomic E-state index is 4.79. The van der Waals surface area contributed by atoms with E-state index in [-0.39, 0.29) is 0 Å². The summed E-state index contributed by atoms with van der Waals surface area (Å²) >= 11 is 0.